The average Bonchev–Trinajstić information content (AvgIpc) is 2.75. The Bertz CT molecular complexity index is 416. The maximum atomic E-state index is 13.0. The molecule has 3 nitrogen and oxygen atoms in total. The minimum atomic E-state index is -0.321. The van der Waals surface area contributed by atoms with Gasteiger partial charge in [0.25, 0.3) is 0 Å². The first-order valence-electron chi connectivity index (χ1n) is 6.13. The van der Waals surface area contributed by atoms with Crippen LogP contribution >= 0.6 is 11.6 Å². The van der Waals surface area contributed by atoms with E-state index in [1.165, 1.54) is 12.1 Å². The van der Waals surface area contributed by atoms with Gasteiger partial charge in [0.2, 0.25) is 0 Å². The van der Waals surface area contributed by atoms with Gasteiger partial charge >= 0.3 is 0 Å². The molecule has 5 heteroatoms. The van der Waals surface area contributed by atoms with E-state index in [1.807, 2.05) is 6.92 Å². The quantitative estimate of drug-likeness (QED) is 0.653. The van der Waals surface area contributed by atoms with Crippen LogP contribution < -0.4 is 11.3 Å². The van der Waals surface area contributed by atoms with Gasteiger partial charge in [-0.3, -0.25) is 11.3 Å². The van der Waals surface area contributed by atoms with Crippen molar-refractivity contribution in [2.45, 2.75) is 31.9 Å². The summed E-state index contributed by atoms with van der Waals surface area (Å²) in [5.41, 5.74) is 3.74. The summed E-state index contributed by atoms with van der Waals surface area (Å²) in [7, 11) is 0. The Labute approximate surface area is 111 Å². The molecule has 1 fully saturated rings. The second kappa shape index (κ2) is 5.97. The van der Waals surface area contributed by atoms with Gasteiger partial charge in [0, 0.05) is 23.6 Å². The number of hydrogen-bond acceptors (Lipinski definition) is 3. The van der Waals surface area contributed by atoms with E-state index >= 15 is 0 Å². The van der Waals surface area contributed by atoms with Crippen molar-refractivity contribution in [3.8, 4) is 0 Å². The Morgan fingerprint density at radius 3 is 2.94 bits per heavy atom. The van der Waals surface area contributed by atoms with Crippen molar-refractivity contribution in [2.24, 2.45) is 11.8 Å². The maximum Gasteiger partial charge on any atom is 0.124 e. The molecular weight excluding hydrogens is 255 g/mol. The summed E-state index contributed by atoms with van der Waals surface area (Å²) in [6.07, 6.45) is 1.84. The monoisotopic (exact) mass is 272 g/mol. The molecule has 1 saturated heterocycles. The summed E-state index contributed by atoms with van der Waals surface area (Å²) < 4.78 is 18.5. The lowest BCUT2D eigenvalue weighted by Gasteiger charge is -2.25. The Balaban J connectivity index is 2.10. The zero-order chi connectivity index (χ0) is 13.1. The molecular formula is C13H18ClFN2O. The molecule has 0 aliphatic carbocycles. The zero-order valence-electron chi connectivity index (χ0n) is 10.3. The fraction of sp³-hybridized carbons (Fsp3) is 0.538. The molecule has 18 heavy (non-hydrogen) atoms. The molecule has 1 aromatic carbocycles. The van der Waals surface area contributed by atoms with Crippen molar-refractivity contribution in [1.29, 1.82) is 0 Å². The normalized spacial score (nSPS) is 25.3. The second-order valence-electron chi connectivity index (χ2n) is 4.74. The molecule has 100 valence electrons. The smallest absolute Gasteiger partial charge is 0.124 e. The topological polar surface area (TPSA) is 47.3 Å². The molecule has 3 N–H and O–H groups in total. The molecule has 0 amide bonds. The predicted molar refractivity (Wildman–Crippen MR) is 69.7 cm³/mol. The minimum absolute atomic E-state index is 0.0884. The number of halogens is 2. The van der Waals surface area contributed by atoms with Crippen molar-refractivity contribution in [3.63, 3.8) is 0 Å². The summed E-state index contributed by atoms with van der Waals surface area (Å²) in [4.78, 5) is 0. The van der Waals surface area contributed by atoms with Crippen LogP contribution in [0.4, 0.5) is 4.39 Å². The van der Waals surface area contributed by atoms with Gasteiger partial charge in [-0.15, -0.1) is 0 Å². The number of hydrogen-bond donors (Lipinski definition) is 2. The van der Waals surface area contributed by atoms with E-state index in [9.17, 15) is 4.39 Å². The summed E-state index contributed by atoms with van der Waals surface area (Å²) in [5, 5.41) is 0.446. The van der Waals surface area contributed by atoms with Gasteiger partial charge < -0.3 is 4.74 Å². The van der Waals surface area contributed by atoms with Gasteiger partial charge in [-0.1, -0.05) is 17.7 Å². The number of nitrogens with two attached hydrogens (primary N) is 1. The summed E-state index contributed by atoms with van der Waals surface area (Å²) in [6, 6.07) is 4.55. The van der Waals surface area contributed by atoms with Crippen LogP contribution in [0, 0.1) is 11.7 Å². The lowest BCUT2D eigenvalue weighted by atomic mass is 9.89. The SMILES string of the molecule is CC1OCCC1C(Cc1ccc(F)cc1Cl)NN. The summed E-state index contributed by atoms with van der Waals surface area (Å²) in [6.45, 7) is 2.81. The van der Waals surface area contributed by atoms with E-state index in [2.05, 4.69) is 5.43 Å². The highest BCUT2D eigenvalue weighted by Gasteiger charge is 2.31. The third-order valence-electron chi connectivity index (χ3n) is 3.62. The molecule has 1 aromatic rings. The maximum absolute atomic E-state index is 13.0. The fourth-order valence-corrected chi connectivity index (χ4v) is 2.78. The first kappa shape index (κ1) is 13.7. The van der Waals surface area contributed by atoms with Gasteiger partial charge in [-0.2, -0.15) is 0 Å². The van der Waals surface area contributed by atoms with Crippen LogP contribution in [-0.4, -0.2) is 18.8 Å². The largest absolute Gasteiger partial charge is 0.378 e. The Morgan fingerprint density at radius 1 is 1.61 bits per heavy atom. The predicted octanol–water partition coefficient (Wildman–Crippen LogP) is 2.28. The van der Waals surface area contributed by atoms with Crippen LogP contribution in [0.2, 0.25) is 5.02 Å². The highest BCUT2D eigenvalue weighted by Crippen LogP contribution is 2.27. The third-order valence-corrected chi connectivity index (χ3v) is 3.97. The number of rotatable bonds is 4. The summed E-state index contributed by atoms with van der Waals surface area (Å²) in [5.74, 6) is 5.66. The van der Waals surface area contributed by atoms with Crippen molar-refractivity contribution in [2.75, 3.05) is 6.61 Å². The van der Waals surface area contributed by atoms with E-state index in [4.69, 9.17) is 22.2 Å². The molecule has 1 aliphatic heterocycles. The summed E-state index contributed by atoms with van der Waals surface area (Å²) >= 11 is 6.03. The number of nitrogens with one attached hydrogen (secondary N) is 1. The standard InChI is InChI=1S/C13H18ClFN2O/c1-8-11(4-5-18-8)13(17-16)6-9-2-3-10(15)7-12(9)14/h2-3,7-8,11,13,17H,4-6,16H2,1H3. The molecule has 0 spiro atoms. The van der Waals surface area contributed by atoms with Crippen molar-refractivity contribution < 1.29 is 9.13 Å². The molecule has 3 unspecified atom stereocenters. The van der Waals surface area contributed by atoms with E-state index < -0.39 is 0 Å². The van der Waals surface area contributed by atoms with Crippen LogP contribution in [0.5, 0.6) is 0 Å². The highest BCUT2D eigenvalue weighted by molar-refractivity contribution is 6.31. The van der Waals surface area contributed by atoms with Crippen molar-refractivity contribution in [3.05, 3.63) is 34.6 Å². The minimum Gasteiger partial charge on any atom is -0.378 e. The van der Waals surface area contributed by atoms with Gasteiger partial charge in [0.05, 0.1) is 6.10 Å². The number of benzene rings is 1. The van der Waals surface area contributed by atoms with Crippen molar-refractivity contribution >= 4 is 11.6 Å². The molecule has 1 heterocycles. The van der Waals surface area contributed by atoms with Gasteiger partial charge in [-0.05, 0) is 37.5 Å². The molecule has 0 radical (unpaired) electrons. The molecule has 0 bridgehead atoms. The zero-order valence-corrected chi connectivity index (χ0v) is 11.1. The van der Waals surface area contributed by atoms with Crippen molar-refractivity contribution in [1.82, 2.24) is 5.43 Å². The van der Waals surface area contributed by atoms with E-state index in [0.29, 0.717) is 17.4 Å². The molecule has 3 atom stereocenters. The van der Waals surface area contributed by atoms with Crippen LogP contribution in [0.3, 0.4) is 0 Å². The van der Waals surface area contributed by atoms with Gasteiger partial charge in [-0.25, -0.2) is 4.39 Å². The Hall–Kier alpha value is -0.680. The number of ether oxygens (including phenoxy) is 1. The molecule has 0 aromatic heterocycles. The Morgan fingerprint density at radius 2 is 2.39 bits per heavy atom. The average molecular weight is 273 g/mol. The van der Waals surface area contributed by atoms with E-state index in [-0.39, 0.29) is 18.0 Å². The van der Waals surface area contributed by atoms with E-state index in [1.54, 1.807) is 6.07 Å². The van der Waals surface area contributed by atoms with Gasteiger partial charge in [0.15, 0.2) is 0 Å². The highest BCUT2D eigenvalue weighted by atomic mass is 35.5. The van der Waals surface area contributed by atoms with Gasteiger partial charge in [0.1, 0.15) is 5.82 Å². The lowest BCUT2D eigenvalue weighted by Crippen LogP contribution is -2.44. The lowest BCUT2D eigenvalue weighted by molar-refractivity contribution is 0.0954. The molecule has 1 aliphatic rings. The Kier molecular flexibility index (Phi) is 4.56. The van der Waals surface area contributed by atoms with Crippen LogP contribution in [-0.2, 0) is 11.2 Å². The number of hydrazine groups is 1. The van der Waals surface area contributed by atoms with E-state index in [0.717, 1.165) is 18.6 Å². The fourth-order valence-electron chi connectivity index (χ4n) is 2.53. The van der Waals surface area contributed by atoms with Crippen LogP contribution in [0.15, 0.2) is 18.2 Å². The van der Waals surface area contributed by atoms with Crippen LogP contribution in [0.1, 0.15) is 18.9 Å². The second-order valence-corrected chi connectivity index (χ2v) is 5.15. The molecule has 0 saturated carbocycles. The first-order chi connectivity index (χ1) is 8.61. The third kappa shape index (κ3) is 3.01. The van der Waals surface area contributed by atoms with Crippen LogP contribution in [0.25, 0.3) is 0 Å². The molecule has 2 rings (SSSR count). The first-order valence-corrected chi connectivity index (χ1v) is 6.51.